The highest BCUT2D eigenvalue weighted by Gasteiger charge is 2.43. The highest BCUT2D eigenvalue weighted by molar-refractivity contribution is 5.95. The van der Waals surface area contributed by atoms with Crippen LogP contribution in [0.25, 0.3) is 0 Å². The number of amides is 1. The predicted octanol–water partition coefficient (Wildman–Crippen LogP) is 3.44. The number of nitrogens with one attached hydrogen (secondary N) is 1. The van der Waals surface area contributed by atoms with E-state index in [2.05, 4.69) is 5.32 Å². The molecule has 3 nitrogen and oxygen atoms in total. The van der Waals surface area contributed by atoms with E-state index in [-0.39, 0.29) is 23.5 Å². The van der Waals surface area contributed by atoms with Crippen LogP contribution in [0, 0.1) is 12.8 Å². The van der Waals surface area contributed by atoms with Crippen molar-refractivity contribution in [3.8, 4) is 5.75 Å². The third-order valence-corrected chi connectivity index (χ3v) is 3.85. The Labute approximate surface area is 118 Å². The number of aryl methyl sites for hydroxylation is 1. The maximum absolute atomic E-state index is 12.2. The number of hydrogen-bond acceptors (Lipinski definition) is 2. The number of phenols is 1. The highest BCUT2D eigenvalue weighted by atomic mass is 16.3. The van der Waals surface area contributed by atoms with E-state index in [0.717, 1.165) is 23.2 Å². The summed E-state index contributed by atoms with van der Waals surface area (Å²) in [5.41, 5.74) is 3.07. The van der Waals surface area contributed by atoms with Crippen LogP contribution in [0.15, 0.2) is 48.5 Å². The van der Waals surface area contributed by atoms with Gasteiger partial charge in [0, 0.05) is 11.6 Å². The smallest absolute Gasteiger partial charge is 0.228 e. The molecular weight excluding hydrogens is 250 g/mol. The Hall–Kier alpha value is -2.29. The number of aromatic hydroxyl groups is 1. The molecule has 0 heterocycles. The van der Waals surface area contributed by atoms with Gasteiger partial charge < -0.3 is 10.4 Å². The van der Waals surface area contributed by atoms with Gasteiger partial charge in [0.1, 0.15) is 5.75 Å². The summed E-state index contributed by atoms with van der Waals surface area (Å²) >= 11 is 0. The number of carbonyl (C=O) groups excluding carboxylic acids is 1. The van der Waals surface area contributed by atoms with Gasteiger partial charge in [-0.15, -0.1) is 0 Å². The summed E-state index contributed by atoms with van der Waals surface area (Å²) in [7, 11) is 0. The Morgan fingerprint density at radius 2 is 1.85 bits per heavy atom. The molecule has 2 N–H and O–H groups in total. The van der Waals surface area contributed by atoms with Crippen LogP contribution >= 0.6 is 0 Å². The van der Waals surface area contributed by atoms with Crippen molar-refractivity contribution in [2.24, 2.45) is 5.92 Å². The second kappa shape index (κ2) is 5.00. The summed E-state index contributed by atoms with van der Waals surface area (Å²) in [5.74, 6) is 0.659. The lowest BCUT2D eigenvalue weighted by Gasteiger charge is -2.07. The minimum absolute atomic E-state index is 0.0409. The number of hydrogen-bond donors (Lipinski definition) is 2. The molecule has 1 aliphatic rings. The van der Waals surface area contributed by atoms with Gasteiger partial charge >= 0.3 is 0 Å². The molecular formula is C17H17NO2. The van der Waals surface area contributed by atoms with Gasteiger partial charge in [0.25, 0.3) is 0 Å². The van der Waals surface area contributed by atoms with Crippen LogP contribution in [-0.4, -0.2) is 11.0 Å². The molecule has 2 unspecified atom stereocenters. The van der Waals surface area contributed by atoms with Crippen LogP contribution in [-0.2, 0) is 4.79 Å². The zero-order valence-electron chi connectivity index (χ0n) is 11.3. The van der Waals surface area contributed by atoms with Crippen LogP contribution in [0.4, 0.5) is 5.69 Å². The second-order valence-electron chi connectivity index (χ2n) is 5.34. The van der Waals surface area contributed by atoms with E-state index < -0.39 is 0 Å². The molecule has 0 aromatic heterocycles. The van der Waals surface area contributed by atoms with E-state index >= 15 is 0 Å². The first-order valence-electron chi connectivity index (χ1n) is 6.80. The number of carbonyl (C=O) groups is 1. The van der Waals surface area contributed by atoms with Gasteiger partial charge in [-0.3, -0.25) is 4.79 Å². The summed E-state index contributed by atoms with van der Waals surface area (Å²) in [5, 5.41) is 12.3. The Balaban J connectivity index is 1.66. The number of benzene rings is 2. The van der Waals surface area contributed by atoms with Gasteiger partial charge in [0.05, 0.1) is 0 Å². The van der Waals surface area contributed by atoms with E-state index in [9.17, 15) is 9.90 Å². The topological polar surface area (TPSA) is 49.3 Å². The maximum Gasteiger partial charge on any atom is 0.228 e. The van der Waals surface area contributed by atoms with Crippen molar-refractivity contribution >= 4 is 11.6 Å². The molecule has 1 amide bonds. The van der Waals surface area contributed by atoms with Gasteiger partial charge in [-0.1, -0.05) is 30.3 Å². The van der Waals surface area contributed by atoms with Crippen LogP contribution in [0.5, 0.6) is 5.75 Å². The van der Waals surface area contributed by atoms with E-state index in [4.69, 9.17) is 0 Å². The lowest BCUT2D eigenvalue weighted by atomic mass is 10.1. The Morgan fingerprint density at radius 3 is 2.55 bits per heavy atom. The molecule has 1 saturated carbocycles. The van der Waals surface area contributed by atoms with Crippen LogP contribution in [0.1, 0.15) is 23.5 Å². The molecule has 0 spiro atoms. The molecule has 20 heavy (non-hydrogen) atoms. The van der Waals surface area contributed by atoms with Crippen molar-refractivity contribution in [2.45, 2.75) is 19.3 Å². The molecule has 2 aromatic rings. The predicted molar refractivity (Wildman–Crippen MR) is 78.8 cm³/mol. The standard InChI is InChI=1S/C17H17NO2/c1-11-4-2-3-5-16(11)18-17(20)15-10-14(15)12-6-8-13(19)9-7-12/h2-9,14-15,19H,10H2,1H3,(H,18,20). The average molecular weight is 267 g/mol. The number of phenolic OH excluding ortho intramolecular Hbond substituents is 1. The zero-order valence-corrected chi connectivity index (χ0v) is 11.3. The van der Waals surface area contributed by atoms with Crippen molar-refractivity contribution in [3.05, 3.63) is 59.7 Å². The summed E-state index contributed by atoms with van der Waals surface area (Å²) in [6.07, 6.45) is 0.877. The van der Waals surface area contributed by atoms with Gasteiger partial charge in [-0.25, -0.2) is 0 Å². The van der Waals surface area contributed by atoms with Crippen LogP contribution in [0.3, 0.4) is 0 Å². The maximum atomic E-state index is 12.2. The summed E-state index contributed by atoms with van der Waals surface area (Å²) in [4.78, 5) is 12.2. The van der Waals surface area contributed by atoms with Crippen LogP contribution in [0.2, 0.25) is 0 Å². The molecule has 2 aromatic carbocycles. The first kappa shape index (κ1) is 12.7. The summed E-state index contributed by atoms with van der Waals surface area (Å²) < 4.78 is 0. The Kier molecular flexibility index (Phi) is 3.18. The quantitative estimate of drug-likeness (QED) is 0.895. The minimum Gasteiger partial charge on any atom is -0.508 e. The third-order valence-electron chi connectivity index (χ3n) is 3.85. The van der Waals surface area contributed by atoms with Crippen molar-refractivity contribution < 1.29 is 9.90 Å². The molecule has 1 fully saturated rings. The lowest BCUT2D eigenvalue weighted by molar-refractivity contribution is -0.117. The van der Waals surface area contributed by atoms with Gasteiger partial charge in [-0.05, 0) is 48.6 Å². The van der Waals surface area contributed by atoms with Crippen molar-refractivity contribution in [1.29, 1.82) is 0 Å². The normalized spacial score (nSPS) is 20.4. The van der Waals surface area contributed by atoms with E-state index in [0.29, 0.717) is 0 Å². The molecule has 2 atom stereocenters. The molecule has 1 aliphatic carbocycles. The fourth-order valence-electron chi connectivity index (χ4n) is 2.51. The van der Waals surface area contributed by atoms with Gasteiger partial charge in [-0.2, -0.15) is 0 Å². The monoisotopic (exact) mass is 267 g/mol. The fraction of sp³-hybridized carbons (Fsp3) is 0.235. The second-order valence-corrected chi connectivity index (χ2v) is 5.34. The van der Waals surface area contributed by atoms with E-state index in [1.807, 2.05) is 43.3 Å². The van der Waals surface area contributed by atoms with Crippen LogP contribution < -0.4 is 5.32 Å². The zero-order chi connectivity index (χ0) is 14.1. The van der Waals surface area contributed by atoms with Crippen molar-refractivity contribution in [1.82, 2.24) is 0 Å². The molecule has 3 heteroatoms. The molecule has 0 bridgehead atoms. The first-order valence-corrected chi connectivity index (χ1v) is 6.80. The number of anilines is 1. The molecule has 102 valence electrons. The SMILES string of the molecule is Cc1ccccc1NC(=O)C1CC1c1ccc(O)cc1. The fourth-order valence-corrected chi connectivity index (χ4v) is 2.51. The van der Waals surface area contributed by atoms with E-state index in [1.54, 1.807) is 12.1 Å². The van der Waals surface area contributed by atoms with Gasteiger partial charge in [0.2, 0.25) is 5.91 Å². The number of rotatable bonds is 3. The summed E-state index contributed by atoms with van der Waals surface area (Å²) in [6.45, 7) is 1.99. The first-order chi connectivity index (χ1) is 9.65. The molecule has 0 saturated heterocycles. The minimum atomic E-state index is 0.0409. The Morgan fingerprint density at radius 1 is 1.15 bits per heavy atom. The largest absolute Gasteiger partial charge is 0.508 e. The summed E-state index contributed by atoms with van der Waals surface area (Å²) in [6, 6.07) is 14.9. The average Bonchev–Trinajstić information content (AvgIpc) is 3.23. The van der Waals surface area contributed by atoms with Crippen molar-refractivity contribution in [2.75, 3.05) is 5.32 Å². The van der Waals surface area contributed by atoms with Crippen molar-refractivity contribution in [3.63, 3.8) is 0 Å². The molecule has 0 aliphatic heterocycles. The third kappa shape index (κ3) is 2.52. The lowest BCUT2D eigenvalue weighted by Crippen LogP contribution is -2.15. The highest BCUT2D eigenvalue weighted by Crippen LogP contribution is 2.48. The molecule has 0 radical (unpaired) electrons. The number of para-hydroxylation sites is 1. The van der Waals surface area contributed by atoms with E-state index in [1.165, 1.54) is 0 Å². The Bertz CT molecular complexity index is 634. The molecule has 3 rings (SSSR count). The van der Waals surface area contributed by atoms with Gasteiger partial charge in [0.15, 0.2) is 0 Å².